The maximum Gasteiger partial charge on any atom is 0.522 e. The van der Waals surface area contributed by atoms with Crippen molar-refractivity contribution in [2.45, 2.75) is 38.5 Å². The van der Waals surface area contributed by atoms with Crippen molar-refractivity contribution in [1.29, 1.82) is 0 Å². The first kappa shape index (κ1) is 23.9. The van der Waals surface area contributed by atoms with Crippen LogP contribution in [-0.2, 0) is 23.0 Å². The van der Waals surface area contributed by atoms with Crippen LogP contribution in [0.3, 0.4) is 0 Å². The molecule has 0 atom stereocenters. The van der Waals surface area contributed by atoms with Crippen molar-refractivity contribution < 1.29 is 31.5 Å². The van der Waals surface area contributed by atoms with Crippen LogP contribution >= 0.6 is 0 Å². The molecular formula is C22H23F5N2O3. The number of hydrogen-bond acceptors (Lipinski definition) is 4. The van der Waals surface area contributed by atoms with E-state index < -0.39 is 37.7 Å². The molecule has 1 aromatic heterocycles. The predicted molar refractivity (Wildman–Crippen MR) is 109 cm³/mol. The van der Waals surface area contributed by atoms with Crippen LogP contribution < -0.4 is 10.9 Å². The molecule has 0 unspecified atom stereocenters. The Labute approximate surface area is 181 Å². The van der Waals surface area contributed by atoms with E-state index in [0.29, 0.717) is 27.9 Å². The first-order valence-corrected chi connectivity index (χ1v) is 10.0. The van der Waals surface area contributed by atoms with Crippen molar-refractivity contribution in [1.82, 2.24) is 4.57 Å². The zero-order valence-electron chi connectivity index (χ0n) is 17.6. The number of pyridine rings is 1. The van der Waals surface area contributed by atoms with Gasteiger partial charge in [-0.2, -0.15) is 0 Å². The minimum atomic E-state index is -4.76. The van der Waals surface area contributed by atoms with E-state index in [-0.39, 0.29) is 24.3 Å². The van der Waals surface area contributed by atoms with Gasteiger partial charge >= 0.3 is 6.36 Å². The summed E-state index contributed by atoms with van der Waals surface area (Å²) < 4.78 is 68.1. The lowest BCUT2D eigenvalue weighted by atomic mass is 9.77. The predicted octanol–water partition coefficient (Wildman–Crippen LogP) is 4.47. The largest absolute Gasteiger partial charge is 0.522 e. The molecule has 1 aliphatic rings. The number of alkyl halides is 5. The Balaban J connectivity index is 1.83. The van der Waals surface area contributed by atoms with Gasteiger partial charge in [0.1, 0.15) is 5.78 Å². The number of ether oxygens (including phenoxy) is 1. The highest BCUT2D eigenvalue weighted by Crippen LogP contribution is 2.43. The highest BCUT2D eigenvalue weighted by Gasteiger charge is 2.48. The topological polar surface area (TPSA) is 60.3 Å². The standard InChI is InChI=1S/C22H23F5N2O3/c1-13-7-16(12-29(2)20(13)31)14-3-4-15(9-19(30)17-10-21(23,24)11-17)18(8-14)28-5-6-32-22(25,26)27/h3-4,7-8,12,17,28H,5-6,9-11H2,1-2H3. The average molecular weight is 458 g/mol. The van der Waals surface area contributed by atoms with Crippen molar-refractivity contribution in [3.05, 3.63) is 51.9 Å². The van der Waals surface area contributed by atoms with Gasteiger partial charge in [0.05, 0.1) is 6.61 Å². The molecule has 0 bridgehead atoms. The van der Waals surface area contributed by atoms with Crippen LogP contribution in [0.25, 0.3) is 11.1 Å². The Morgan fingerprint density at radius 1 is 1.22 bits per heavy atom. The summed E-state index contributed by atoms with van der Waals surface area (Å²) in [6, 6.07) is 6.70. The summed E-state index contributed by atoms with van der Waals surface area (Å²) in [5.41, 5.74) is 2.63. The lowest BCUT2D eigenvalue weighted by Gasteiger charge is -2.33. The van der Waals surface area contributed by atoms with E-state index in [1.165, 1.54) is 4.57 Å². The molecule has 3 rings (SSSR count). The third kappa shape index (κ3) is 5.93. The van der Waals surface area contributed by atoms with E-state index in [1.807, 2.05) is 0 Å². The minimum Gasteiger partial charge on any atom is -0.382 e. The van der Waals surface area contributed by atoms with Crippen molar-refractivity contribution in [3.63, 3.8) is 0 Å². The molecule has 1 N–H and O–H groups in total. The summed E-state index contributed by atoms with van der Waals surface area (Å²) in [4.78, 5) is 24.4. The number of carbonyl (C=O) groups excluding carboxylic acids is 1. The molecule has 1 saturated carbocycles. The molecule has 174 valence electrons. The molecule has 1 aromatic carbocycles. The van der Waals surface area contributed by atoms with E-state index in [2.05, 4.69) is 10.1 Å². The number of hydrogen-bond donors (Lipinski definition) is 1. The number of benzene rings is 1. The summed E-state index contributed by atoms with van der Waals surface area (Å²) in [6.45, 7) is 0.841. The van der Waals surface area contributed by atoms with E-state index in [0.717, 1.165) is 0 Å². The van der Waals surface area contributed by atoms with Gasteiger partial charge in [0, 0.05) is 56.2 Å². The Morgan fingerprint density at radius 2 is 1.91 bits per heavy atom. The van der Waals surface area contributed by atoms with Crippen LogP contribution in [0.15, 0.2) is 35.3 Å². The number of ketones is 1. The van der Waals surface area contributed by atoms with Gasteiger partial charge in [-0.05, 0) is 35.7 Å². The lowest BCUT2D eigenvalue weighted by molar-refractivity contribution is -0.322. The van der Waals surface area contributed by atoms with Gasteiger partial charge in [-0.1, -0.05) is 12.1 Å². The molecule has 5 nitrogen and oxygen atoms in total. The highest BCUT2D eigenvalue weighted by atomic mass is 19.4. The Kier molecular flexibility index (Phi) is 6.73. The van der Waals surface area contributed by atoms with Gasteiger partial charge in [-0.15, -0.1) is 13.2 Å². The Morgan fingerprint density at radius 3 is 2.50 bits per heavy atom. The zero-order chi connectivity index (χ0) is 23.7. The molecule has 2 aromatic rings. The molecule has 0 radical (unpaired) electrons. The summed E-state index contributed by atoms with van der Waals surface area (Å²) in [7, 11) is 1.61. The van der Waals surface area contributed by atoms with Gasteiger partial charge < -0.3 is 9.88 Å². The summed E-state index contributed by atoms with van der Waals surface area (Å²) in [5.74, 6) is -3.88. The van der Waals surface area contributed by atoms with E-state index in [1.54, 1.807) is 44.4 Å². The highest BCUT2D eigenvalue weighted by molar-refractivity contribution is 5.86. The molecule has 1 fully saturated rings. The third-order valence-electron chi connectivity index (χ3n) is 5.40. The second-order valence-corrected chi connectivity index (χ2v) is 8.02. The number of halogens is 5. The number of rotatable bonds is 8. The van der Waals surface area contributed by atoms with Crippen molar-refractivity contribution in [3.8, 4) is 11.1 Å². The van der Waals surface area contributed by atoms with Crippen LogP contribution in [-0.4, -0.2) is 35.8 Å². The van der Waals surface area contributed by atoms with Crippen molar-refractivity contribution >= 4 is 11.5 Å². The van der Waals surface area contributed by atoms with E-state index in [9.17, 15) is 31.5 Å². The SMILES string of the molecule is Cc1cc(-c2ccc(CC(=O)C3CC(F)(F)C3)c(NCCOC(F)(F)F)c2)cn(C)c1=O. The number of nitrogens with one attached hydrogen (secondary N) is 1. The smallest absolute Gasteiger partial charge is 0.382 e. The number of Topliss-reactive ketones (excluding diaryl/α,β-unsaturated/α-hetero) is 1. The Bertz CT molecular complexity index is 1030. The van der Waals surface area contributed by atoms with Crippen molar-refractivity contribution in [2.75, 3.05) is 18.5 Å². The molecular weight excluding hydrogens is 435 g/mol. The second-order valence-electron chi connectivity index (χ2n) is 8.02. The molecule has 0 aliphatic heterocycles. The zero-order valence-corrected chi connectivity index (χ0v) is 17.6. The van der Waals surface area contributed by atoms with Crippen LogP contribution in [0.4, 0.5) is 27.6 Å². The number of aryl methyl sites for hydroxylation is 2. The second kappa shape index (κ2) is 9.01. The summed E-state index contributed by atoms with van der Waals surface area (Å²) in [6.07, 6.45) is -4.21. The number of aromatic nitrogens is 1. The van der Waals surface area contributed by atoms with Crippen LogP contribution in [0, 0.1) is 12.8 Å². The third-order valence-corrected chi connectivity index (χ3v) is 5.40. The van der Waals surface area contributed by atoms with Crippen LogP contribution in [0.1, 0.15) is 24.0 Å². The number of nitrogens with zero attached hydrogens (tertiary/aromatic N) is 1. The Hall–Kier alpha value is -2.75. The quantitative estimate of drug-likeness (QED) is 0.469. The van der Waals surface area contributed by atoms with Gasteiger partial charge in [0.15, 0.2) is 0 Å². The minimum absolute atomic E-state index is 0.115. The summed E-state index contributed by atoms with van der Waals surface area (Å²) in [5, 5.41) is 2.84. The molecule has 0 spiro atoms. The number of anilines is 1. The number of carbonyl (C=O) groups is 1. The summed E-state index contributed by atoms with van der Waals surface area (Å²) >= 11 is 0. The normalized spacial score (nSPS) is 16.0. The van der Waals surface area contributed by atoms with Crippen LogP contribution in [0.2, 0.25) is 0 Å². The maximum absolute atomic E-state index is 13.1. The maximum atomic E-state index is 13.1. The molecule has 0 amide bonds. The van der Waals surface area contributed by atoms with Gasteiger partial charge in [0.25, 0.3) is 5.56 Å². The van der Waals surface area contributed by atoms with E-state index >= 15 is 0 Å². The molecule has 0 saturated heterocycles. The molecule has 1 aliphatic carbocycles. The first-order chi connectivity index (χ1) is 14.8. The molecule has 1 heterocycles. The first-order valence-electron chi connectivity index (χ1n) is 10.0. The van der Waals surface area contributed by atoms with Crippen LogP contribution in [0.5, 0.6) is 0 Å². The fraction of sp³-hybridized carbons (Fsp3) is 0.455. The average Bonchev–Trinajstić information content (AvgIpc) is 2.67. The fourth-order valence-electron chi connectivity index (χ4n) is 3.68. The van der Waals surface area contributed by atoms with Crippen molar-refractivity contribution in [2.24, 2.45) is 13.0 Å². The van der Waals surface area contributed by atoms with E-state index in [4.69, 9.17) is 0 Å². The monoisotopic (exact) mass is 458 g/mol. The van der Waals surface area contributed by atoms with Gasteiger partial charge in [0.2, 0.25) is 5.92 Å². The molecule has 10 heteroatoms. The lowest BCUT2D eigenvalue weighted by Crippen LogP contribution is -2.40. The fourth-order valence-corrected chi connectivity index (χ4v) is 3.68. The van der Waals surface area contributed by atoms with Gasteiger partial charge in [-0.25, -0.2) is 8.78 Å². The van der Waals surface area contributed by atoms with Gasteiger partial charge in [-0.3, -0.25) is 14.3 Å². The molecule has 32 heavy (non-hydrogen) atoms.